The molecule has 0 fully saturated rings. The van der Waals surface area contributed by atoms with Crippen LogP contribution in [0, 0.1) is 6.92 Å². The van der Waals surface area contributed by atoms with Gasteiger partial charge in [-0.1, -0.05) is 131 Å². The Balaban J connectivity index is 1.32. The van der Waals surface area contributed by atoms with Gasteiger partial charge in [-0.25, -0.2) is 0 Å². The zero-order valence-electron chi connectivity index (χ0n) is 27.1. The summed E-state index contributed by atoms with van der Waals surface area (Å²) in [4.78, 5) is 2.51. The van der Waals surface area contributed by atoms with Crippen LogP contribution in [0.25, 0.3) is 43.8 Å². The topological polar surface area (TPSA) is 3.24 Å². The molecule has 0 atom stereocenters. The maximum absolute atomic E-state index is 2.51. The van der Waals surface area contributed by atoms with E-state index in [4.69, 9.17) is 0 Å². The fourth-order valence-electron chi connectivity index (χ4n) is 8.57. The third-order valence-electron chi connectivity index (χ3n) is 11.0. The van der Waals surface area contributed by atoms with E-state index >= 15 is 0 Å². The maximum Gasteiger partial charge on any atom is 0.0540 e. The standard InChI is InChI=1S/C45H37N/c1-28-18-25-42(37-22-19-29-12-6-7-13-32(29)43(28)37)46(30-20-23-35-33-14-8-10-16-38(33)44(2,3)40(35)26-30)31-21-24-36-34-15-9-11-17-39(34)45(4,5)41(36)27-31/h6-27H,1-5H3. The van der Waals surface area contributed by atoms with E-state index in [1.807, 2.05) is 0 Å². The molecule has 0 N–H and O–H groups in total. The van der Waals surface area contributed by atoms with Gasteiger partial charge in [0.15, 0.2) is 0 Å². The lowest BCUT2D eigenvalue weighted by atomic mass is 9.82. The van der Waals surface area contributed by atoms with Gasteiger partial charge in [0.05, 0.1) is 5.69 Å². The van der Waals surface area contributed by atoms with Crippen molar-refractivity contribution < 1.29 is 0 Å². The number of hydrogen-bond donors (Lipinski definition) is 0. The Labute approximate surface area is 271 Å². The number of nitrogens with zero attached hydrogens (tertiary/aromatic N) is 1. The van der Waals surface area contributed by atoms with Gasteiger partial charge in [-0.3, -0.25) is 0 Å². The molecular weight excluding hydrogens is 555 g/mol. The average molecular weight is 592 g/mol. The Bertz CT molecular complexity index is 2280. The minimum Gasteiger partial charge on any atom is -0.310 e. The minimum atomic E-state index is -0.0826. The second-order valence-electron chi connectivity index (χ2n) is 14.2. The number of benzene rings is 7. The molecule has 1 nitrogen and oxygen atoms in total. The van der Waals surface area contributed by atoms with Crippen LogP contribution in [-0.2, 0) is 10.8 Å². The highest BCUT2D eigenvalue weighted by Crippen LogP contribution is 2.53. The third kappa shape index (κ3) is 3.63. The molecular formula is C45H37N. The van der Waals surface area contributed by atoms with Crippen LogP contribution in [0.4, 0.5) is 17.1 Å². The van der Waals surface area contributed by atoms with Gasteiger partial charge in [-0.2, -0.15) is 0 Å². The normalized spacial score (nSPS) is 15.0. The predicted molar refractivity (Wildman–Crippen MR) is 196 cm³/mol. The van der Waals surface area contributed by atoms with E-state index in [0.717, 1.165) is 0 Å². The molecule has 7 aromatic carbocycles. The molecule has 7 aromatic rings. The molecule has 0 aromatic heterocycles. The van der Waals surface area contributed by atoms with Crippen LogP contribution < -0.4 is 4.90 Å². The lowest BCUT2D eigenvalue weighted by Crippen LogP contribution is -2.18. The first-order valence-corrected chi connectivity index (χ1v) is 16.5. The van der Waals surface area contributed by atoms with Crippen molar-refractivity contribution in [3.05, 3.63) is 161 Å². The van der Waals surface area contributed by atoms with Gasteiger partial charge < -0.3 is 4.90 Å². The van der Waals surface area contributed by atoms with Gasteiger partial charge in [-0.05, 0) is 103 Å². The fourth-order valence-corrected chi connectivity index (χ4v) is 8.57. The van der Waals surface area contributed by atoms with Crippen molar-refractivity contribution >= 4 is 38.6 Å². The van der Waals surface area contributed by atoms with Crippen LogP contribution in [0.3, 0.4) is 0 Å². The van der Waals surface area contributed by atoms with Gasteiger partial charge in [-0.15, -0.1) is 0 Å². The Morgan fingerprint density at radius 2 is 0.957 bits per heavy atom. The van der Waals surface area contributed by atoms with Crippen molar-refractivity contribution in [2.24, 2.45) is 0 Å². The van der Waals surface area contributed by atoms with Gasteiger partial charge in [0.2, 0.25) is 0 Å². The molecule has 0 spiro atoms. The van der Waals surface area contributed by atoms with Crippen molar-refractivity contribution in [1.82, 2.24) is 0 Å². The Morgan fingerprint density at radius 3 is 1.57 bits per heavy atom. The van der Waals surface area contributed by atoms with Crippen molar-refractivity contribution in [3.8, 4) is 22.3 Å². The van der Waals surface area contributed by atoms with Crippen molar-refractivity contribution in [2.75, 3.05) is 4.90 Å². The van der Waals surface area contributed by atoms with Crippen LogP contribution >= 0.6 is 0 Å². The SMILES string of the molecule is Cc1ccc(N(c2ccc3c(c2)C(C)(C)c2ccccc2-3)c2ccc3c(c2)C(C)(C)c2ccccc2-3)c2ccc3ccccc3c12. The van der Waals surface area contributed by atoms with E-state index in [1.165, 1.54) is 88.7 Å². The molecule has 0 saturated heterocycles. The molecule has 46 heavy (non-hydrogen) atoms. The highest BCUT2D eigenvalue weighted by atomic mass is 15.1. The monoisotopic (exact) mass is 591 g/mol. The molecule has 2 aliphatic carbocycles. The summed E-state index contributed by atoms with van der Waals surface area (Å²) < 4.78 is 0. The molecule has 9 rings (SSSR count). The van der Waals surface area contributed by atoms with E-state index in [1.54, 1.807) is 0 Å². The quantitative estimate of drug-likeness (QED) is 0.185. The fraction of sp³-hybridized carbons (Fsp3) is 0.156. The molecule has 0 amide bonds. The highest BCUT2D eigenvalue weighted by Gasteiger charge is 2.37. The Morgan fingerprint density at radius 1 is 0.435 bits per heavy atom. The van der Waals surface area contributed by atoms with Gasteiger partial charge in [0.25, 0.3) is 0 Å². The second-order valence-corrected chi connectivity index (χ2v) is 14.2. The van der Waals surface area contributed by atoms with Crippen LogP contribution in [0.5, 0.6) is 0 Å². The third-order valence-corrected chi connectivity index (χ3v) is 11.0. The summed E-state index contributed by atoms with van der Waals surface area (Å²) in [6.45, 7) is 11.7. The van der Waals surface area contributed by atoms with E-state index in [-0.39, 0.29) is 10.8 Å². The number of anilines is 3. The smallest absolute Gasteiger partial charge is 0.0540 e. The summed E-state index contributed by atoms with van der Waals surface area (Å²) in [6, 6.07) is 50.1. The van der Waals surface area contributed by atoms with E-state index in [0.29, 0.717) is 0 Å². The predicted octanol–water partition coefficient (Wildman–Crippen LogP) is 12.4. The molecule has 2 aliphatic rings. The molecule has 0 radical (unpaired) electrons. The first kappa shape index (κ1) is 27.2. The number of fused-ring (bicyclic) bond motifs is 9. The molecule has 0 heterocycles. The highest BCUT2D eigenvalue weighted by molar-refractivity contribution is 6.14. The van der Waals surface area contributed by atoms with Gasteiger partial charge >= 0.3 is 0 Å². The maximum atomic E-state index is 2.51. The molecule has 0 unspecified atom stereocenters. The summed E-state index contributed by atoms with van der Waals surface area (Å²) in [5, 5.41) is 5.17. The number of rotatable bonds is 3. The van der Waals surface area contributed by atoms with Crippen molar-refractivity contribution in [1.29, 1.82) is 0 Å². The summed E-state index contributed by atoms with van der Waals surface area (Å²) in [5.74, 6) is 0. The Hall–Kier alpha value is -5.14. The van der Waals surface area contributed by atoms with Crippen LogP contribution in [0.15, 0.2) is 133 Å². The lowest BCUT2D eigenvalue weighted by Gasteiger charge is -2.31. The second kappa shape index (κ2) is 9.44. The van der Waals surface area contributed by atoms with Crippen LogP contribution in [-0.4, -0.2) is 0 Å². The van der Waals surface area contributed by atoms with Crippen molar-refractivity contribution in [2.45, 2.75) is 45.4 Å². The van der Waals surface area contributed by atoms with Gasteiger partial charge in [0.1, 0.15) is 0 Å². The minimum absolute atomic E-state index is 0.0826. The first-order chi connectivity index (χ1) is 22.2. The lowest BCUT2D eigenvalue weighted by molar-refractivity contribution is 0.660. The molecule has 0 saturated carbocycles. The van der Waals surface area contributed by atoms with Gasteiger partial charge in [0, 0.05) is 27.6 Å². The Kier molecular flexibility index (Phi) is 5.58. The van der Waals surface area contributed by atoms with Crippen LogP contribution in [0.2, 0.25) is 0 Å². The molecule has 222 valence electrons. The molecule has 0 bridgehead atoms. The molecule has 1 heteroatoms. The van der Waals surface area contributed by atoms with Crippen LogP contribution in [0.1, 0.15) is 55.5 Å². The zero-order chi connectivity index (χ0) is 31.4. The zero-order valence-corrected chi connectivity index (χ0v) is 27.1. The largest absolute Gasteiger partial charge is 0.310 e. The van der Waals surface area contributed by atoms with E-state index in [9.17, 15) is 0 Å². The summed E-state index contributed by atoms with van der Waals surface area (Å²) >= 11 is 0. The average Bonchev–Trinajstić information content (AvgIpc) is 3.45. The number of hydrogen-bond acceptors (Lipinski definition) is 1. The summed E-state index contributed by atoms with van der Waals surface area (Å²) in [5.41, 5.74) is 15.7. The van der Waals surface area contributed by atoms with E-state index in [2.05, 4.69) is 173 Å². The first-order valence-electron chi connectivity index (χ1n) is 16.5. The molecule has 0 aliphatic heterocycles. The summed E-state index contributed by atoms with van der Waals surface area (Å²) in [7, 11) is 0. The summed E-state index contributed by atoms with van der Waals surface area (Å²) in [6.07, 6.45) is 0. The van der Waals surface area contributed by atoms with Crippen molar-refractivity contribution in [3.63, 3.8) is 0 Å². The number of aryl methyl sites for hydroxylation is 1. The van der Waals surface area contributed by atoms with E-state index < -0.39 is 0 Å².